The number of hydrogen-bond donors (Lipinski definition) is 3. The highest BCUT2D eigenvalue weighted by Gasteiger charge is 2.58. The summed E-state index contributed by atoms with van der Waals surface area (Å²) in [6, 6.07) is 0. The van der Waals surface area contributed by atoms with E-state index in [1.165, 1.54) is 24.8 Å². The minimum Gasteiger partial charge on any atom is -0.393 e. The maximum Gasteiger partial charge on any atom is 0.102 e. The van der Waals surface area contributed by atoms with Gasteiger partial charge in [0.05, 0.1) is 6.10 Å². The van der Waals surface area contributed by atoms with Crippen LogP contribution in [0.1, 0.15) is 52.4 Å². The van der Waals surface area contributed by atoms with Gasteiger partial charge in [0.2, 0.25) is 0 Å². The maximum atomic E-state index is 10.5. The monoisotopic (exact) mass is 302 g/mol. The van der Waals surface area contributed by atoms with E-state index in [-0.39, 0.29) is 16.9 Å². The first-order valence-electron chi connectivity index (χ1n) is 8.95. The number of aliphatic hydroxyl groups excluding tert-OH is 1. The predicted octanol–water partition coefficient (Wildman–Crippen LogP) is 2.70. The van der Waals surface area contributed by atoms with E-state index in [2.05, 4.69) is 26.0 Å². The number of nitrogens with two attached hydrogens (primary N) is 2. The van der Waals surface area contributed by atoms with Crippen LogP contribution in [0.25, 0.3) is 0 Å². The Morgan fingerprint density at radius 2 is 1.82 bits per heavy atom. The van der Waals surface area contributed by atoms with Crippen molar-refractivity contribution < 1.29 is 5.11 Å². The van der Waals surface area contributed by atoms with Crippen LogP contribution in [0.15, 0.2) is 23.8 Å². The molecule has 122 valence electrons. The number of allylic oxidation sites excluding steroid dienone is 2. The van der Waals surface area contributed by atoms with Gasteiger partial charge < -0.3 is 16.6 Å². The fourth-order valence-electron chi connectivity index (χ4n) is 6.36. The summed E-state index contributed by atoms with van der Waals surface area (Å²) in [6.07, 6.45) is 13.2. The SMILES string of the molecule is C[C@]12C=CC(N)(N)C=C1CCC1C2CC[C@@]2(C)C1CC[C@@H]2O. The summed E-state index contributed by atoms with van der Waals surface area (Å²) in [5.41, 5.74) is 13.2. The molecule has 0 radical (unpaired) electrons. The Hall–Kier alpha value is -0.640. The second kappa shape index (κ2) is 4.46. The highest BCUT2D eigenvalue weighted by Crippen LogP contribution is 2.64. The van der Waals surface area contributed by atoms with Crippen LogP contribution in [-0.4, -0.2) is 16.9 Å². The van der Waals surface area contributed by atoms with E-state index in [4.69, 9.17) is 11.5 Å². The molecule has 0 amide bonds. The largest absolute Gasteiger partial charge is 0.393 e. The highest BCUT2D eigenvalue weighted by molar-refractivity contribution is 5.37. The van der Waals surface area contributed by atoms with Crippen molar-refractivity contribution in [3.8, 4) is 0 Å². The van der Waals surface area contributed by atoms with Gasteiger partial charge in [-0.2, -0.15) is 0 Å². The molecule has 4 aliphatic rings. The average Bonchev–Trinajstić information content (AvgIpc) is 2.76. The van der Waals surface area contributed by atoms with Gasteiger partial charge in [-0.3, -0.25) is 0 Å². The first-order chi connectivity index (χ1) is 10.3. The zero-order valence-electron chi connectivity index (χ0n) is 13.9. The van der Waals surface area contributed by atoms with Gasteiger partial charge in [-0.05, 0) is 73.8 Å². The summed E-state index contributed by atoms with van der Waals surface area (Å²) in [5, 5.41) is 10.5. The van der Waals surface area contributed by atoms with Gasteiger partial charge in [-0.25, -0.2) is 0 Å². The number of aliphatic hydroxyl groups is 1. The van der Waals surface area contributed by atoms with Gasteiger partial charge in [0.1, 0.15) is 5.66 Å². The van der Waals surface area contributed by atoms with Crippen LogP contribution in [0, 0.1) is 28.6 Å². The molecule has 0 aliphatic heterocycles. The Morgan fingerprint density at radius 1 is 1.05 bits per heavy atom. The Morgan fingerprint density at radius 3 is 2.59 bits per heavy atom. The standard InChI is InChI=1S/C19H30N2O/c1-17-9-10-19(20,21)11-12(17)3-4-13-14-5-6-16(22)18(14,2)8-7-15(13)17/h9-11,13-16,22H,3-8,20-21H2,1-2H3/t13?,14?,15?,16-,17-,18-/m0/s1. The first kappa shape index (κ1) is 14.9. The molecule has 6 atom stereocenters. The zero-order chi connectivity index (χ0) is 15.8. The number of rotatable bonds is 0. The molecule has 0 saturated heterocycles. The quantitative estimate of drug-likeness (QED) is 0.476. The molecule has 3 saturated carbocycles. The molecule has 0 spiro atoms. The number of hydrogen-bond acceptors (Lipinski definition) is 3. The molecule has 0 heterocycles. The van der Waals surface area contributed by atoms with E-state index in [0.29, 0.717) is 11.8 Å². The normalized spacial score (nSPS) is 52.5. The van der Waals surface area contributed by atoms with E-state index in [0.717, 1.165) is 25.2 Å². The molecule has 5 N–H and O–H groups in total. The van der Waals surface area contributed by atoms with Crippen molar-refractivity contribution in [1.82, 2.24) is 0 Å². The van der Waals surface area contributed by atoms with Crippen LogP contribution in [0.2, 0.25) is 0 Å². The lowest BCUT2D eigenvalue weighted by Crippen LogP contribution is -2.54. The van der Waals surface area contributed by atoms with Crippen molar-refractivity contribution in [2.45, 2.75) is 64.1 Å². The van der Waals surface area contributed by atoms with Crippen molar-refractivity contribution in [2.24, 2.45) is 40.1 Å². The van der Waals surface area contributed by atoms with Gasteiger partial charge in [0, 0.05) is 5.41 Å². The highest BCUT2D eigenvalue weighted by atomic mass is 16.3. The predicted molar refractivity (Wildman–Crippen MR) is 88.7 cm³/mol. The van der Waals surface area contributed by atoms with Crippen molar-refractivity contribution in [1.29, 1.82) is 0 Å². The first-order valence-corrected chi connectivity index (χ1v) is 8.95. The average molecular weight is 302 g/mol. The van der Waals surface area contributed by atoms with Crippen molar-refractivity contribution in [3.05, 3.63) is 23.8 Å². The van der Waals surface area contributed by atoms with E-state index in [1.54, 1.807) is 0 Å². The molecule has 0 aromatic carbocycles. The van der Waals surface area contributed by atoms with E-state index < -0.39 is 5.66 Å². The van der Waals surface area contributed by atoms with Crippen LogP contribution < -0.4 is 11.5 Å². The lowest BCUT2D eigenvalue weighted by molar-refractivity contribution is -0.0618. The van der Waals surface area contributed by atoms with Gasteiger partial charge in [-0.1, -0.05) is 25.5 Å². The van der Waals surface area contributed by atoms with Crippen molar-refractivity contribution >= 4 is 0 Å². The molecule has 0 aromatic rings. The fraction of sp³-hybridized carbons (Fsp3) is 0.789. The molecule has 3 nitrogen and oxygen atoms in total. The molecular formula is C19H30N2O. The van der Waals surface area contributed by atoms with Gasteiger partial charge in [0.25, 0.3) is 0 Å². The summed E-state index contributed by atoms with van der Waals surface area (Å²) in [7, 11) is 0. The topological polar surface area (TPSA) is 72.3 Å². The zero-order valence-corrected chi connectivity index (χ0v) is 13.9. The summed E-state index contributed by atoms with van der Waals surface area (Å²) < 4.78 is 0. The van der Waals surface area contributed by atoms with E-state index >= 15 is 0 Å². The molecule has 4 rings (SSSR count). The lowest BCUT2D eigenvalue weighted by atomic mass is 9.48. The van der Waals surface area contributed by atoms with Gasteiger partial charge in [-0.15, -0.1) is 0 Å². The Balaban J connectivity index is 1.69. The van der Waals surface area contributed by atoms with Crippen LogP contribution in [0.5, 0.6) is 0 Å². The second-order valence-corrected chi connectivity index (χ2v) is 8.84. The Labute approximate surface area is 133 Å². The summed E-state index contributed by atoms with van der Waals surface area (Å²) >= 11 is 0. The second-order valence-electron chi connectivity index (χ2n) is 8.84. The molecule has 22 heavy (non-hydrogen) atoms. The Bertz CT molecular complexity index is 552. The van der Waals surface area contributed by atoms with Crippen molar-refractivity contribution in [2.75, 3.05) is 0 Å². The molecule has 4 aliphatic carbocycles. The molecule has 0 aromatic heterocycles. The fourth-order valence-corrected chi connectivity index (χ4v) is 6.36. The smallest absolute Gasteiger partial charge is 0.102 e. The van der Waals surface area contributed by atoms with Gasteiger partial charge >= 0.3 is 0 Å². The summed E-state index contributed by atoms with van der Waals surface area (Å²) in [6.45, 7) is 4.72. The summed E-state index contributed by atoms with van der Waals surface area (Å²) in [4.78, 5) is 0. The van der Waals surface area contributed by atoms with Gasteiger partial charge in [0.15, 0.2) is 0 Å². The minimum absolute atomic E-state index is 0.0918. The van der Waals surface area contributed by atoms with Crippen LogP contribution in [0.4, 0.5) is 0 Å². The van der Waals surface area contributed by atoms with E-state index in [9.17, 15) is 5.11 Å². The van der Waals surface area contributed by atoms with E-state index in [1.807, 2.05) is 6.08 Å². The molecule has 3 fully saturated rings. The maximum absolute atomic E-state index is 10.5. The molecular weight excluding hydrogens is 272 g/mol. The van der Waals surface area contributed by atoms with Crippen molar-refractivity contribution in [3.63, 3.8) is 0 Å². The number of fused-ring (bicyclic) bond motifs is 5. The third kappa shape index (κ3) is 1.85. The Kier molecular flexibility index (Phi) is 3.03. The van der Waals surface area contributed by atoms with Crippen LogP contribution in [-0.2, 0) is 0 Å². The molecule has 3 unspecified atom stereocenters. The molecule has 0 bridgehead atoms. The minimum atomic E-state index is -0.769. The van der Waals surface area contributed by atoms with Crippen LogP contribution in [0.3, 0.4) is 0 Å². The lowest BCUT2D eigenvalue weighted by Gasteiger charge is -2.57. The summed E-state index contributed by atoms with van der Waals surface area (Å²) in [5.74, 6) is 2.12. The van der Waals surface area contributed by atoms with Crippen LogP contribution >= 0.6 is 0 Å². The third-order valence-corrected chi connectivity index (χ3v) is 7.74. The molecule has 3 heteroatoms. The third-order valence-electron chi connectivity index (χ3n) is 7.74.